The molecule has 0 aliphatic rings. The van der Waals surface area contributed by atoms with Crippen LogP contribution in [0.2, 0.25) is 0 Å². The lowest BCUT2D eigenvalue weighted by atomic mass is 10.2. The van der Waals surface area contributed by atoms with Crippen LogP contribution in [-0.4, -0.2) is 37.6 Å². The van der Waals surface area contributed by atoms with Crippen LogP contribution in [-0.2, 0) is 0 Å². The highest BCUT2D eigenvalue weighted by Gasteiger charge is 2.04. The first-order valence-electron chi connectivity index (χ1n) is 5.24. The number of nitrogens with one attached hydrogen (secondary N) is 1. The second-order valence-corrected chi connectivity index (χ2v) is 3.57. The van der Waals surface area contributed by atoms with E-state index >= 15 is 0 Å². The maximum absolute atomic E-state index is 3.68. The first kappa shape index (κ1) is 12.7. The Morgan fingerprint density at radius 2 is 2.15 bits per heavy atom. The van der Waals surface area contributed by atoms with E-state index in [1.54, 1.807) is 0 Å². The molecule has 0 aromatic rings. The topological polar surface area (TPSA) is 15.3 Å². The predicted octanol–water partition coefficient (Wildman–Crippen LogP) is 1.88. The second-order valence-electron chi connectivity index (χ2n) is 3.57. The first-order valence-corrected chi connectivity index (χ1v) is 5.24. The molecule has 0 saturated heterocycles. The molecule has 1 N–H and O–H groups in total. The van der Waals surface area contributed by atoms with Crippen LogP contribution in [0, 0.1) is 0 Å². The summed E-state index contributed by atoms with van der Waals surface area (Å²) in [4.78, 5) is 2.39. The van der Waals surface area contributed by atoms with Gasteiger partial charge in [0.1, 0.15) is 0 Å². The summed E-state index contributed by atoms with van der Waals surface area (Å²) in [6.45, 7) is 11.4. The van der Waals surface area contributed by atoms with Gasteiger partial charge in [-0.3, -0.25) is 0 Å². The van der Waals surface area contributed by atoms with Crippen molar-refractivity contribution in [3.63, 3.8) is 0 Å². The van der Waals surface area contributed by atoms with E-state index in [9.17, 15) is 0 Å². The normalized spacial score (nSPS) is 13.2. The third kappa shape index (κ3) is 6.79. The average molecular weight is 184 g/mol. The Hall–Kier alpha value is -0.340. The van der Waals surface area contributed by atoms with Gasteiger partial charge in [0.05, 0.1) is 0 Å². The molecule has 0 spiro atoms. The molecule has 0 bridgehead atoms. The van der Waals surface area contributed by atoms with Gasteiger partial charge >= 0.3 is 0 Å². The van der Waals surface area contributed by atoms with E-state index < -0.39 is 0 Å². The Morgan fingerprint density at radius 3 is 2.69 bits per heavy atom. The van der Waals surface area contributed by atoms with E-state index in [1.807, 2.05) is 6.08 Å². The van der Waals surface area contributed by atoms with E-state index in [0.717, 1.165) is 26.1 Å². The van der Waals surface area contributed by atoms with Crippen LogP contribution in [0.1, 0.15) is 26.7 Å². The van der Waals surface area contributed by atoms with Crippen LogP contribution in [0.25, 0.3) is 0 Å². The molecular weight excluding hydrogens is 160 g/mol. The zero-order chi connectivity index (χ0) is 10.1. The van der Waals surface area contributed by atoms with Gasteiger partial charge in [-0.05, 0) is 33.4 Å². The molecule has 0 saturated carbocycles. The van der Waals surface area contributed by atoms with E-state index in [0.29, 0.717) is 6.04 Å². The van der Waals surface area contributed by atoms with Gasteiger partial charge in [0.25, 0.3) is 0 Å². The van der Waals surface area contributed by atoms with Gasteiger partial charge in [-0.2, -0.15) is 0 Å². The fourth-order valence-corrected chi connectivity index (χ4v) is 1.12. The summed E-state index contributed by atoms with van der Waals surface area (Å²) in [7, 11) is 2.18. The van der Waals surface area contributed by atoms with Crippen molar-refractivity contribution in [3.8, 4) is 0 Å². The van der Waals surface area contributed by atoms with Gasteiger partial charge < -0.3 is 10.2 Å². The summed E-state index contributed by atoms with van der Waals surface area (Å²) < 4.78 is 0. The molecule has 0 amide bonds. The smallest absolute Gasteiger partial charge is 0.0107 e. The lowest BCUT2D eigenvalue weighted by molar-refractivity contribution is 0.252. The quantitative estimate of drug-likeness (QED) is 0.458. The first-order chi connectivity index (χ1) is 6.22. The van der Waals surface area contributed by atoms with Crippen molar-refractivity contribution < 1.29 is 0 Å². The number of nitrogens with zero attached hydrogens (tertiary/aromatic N) is 1. The highest BCUT2D eigenvalue weighted by Crippen LogP contribution is 1.97. The lowest BCUT2D eigenvalue weighted by Gasteiger charge is -2.23. The van der Waals surface area contributed by atoms with Crippen molar-refractivity contribution in [2.24, 2.45) is 0 Å². The molecule has 1 unspecified atom stereocenters. The predicted molar refractivity (Wildman–Crippen MR) is 60.1 cm³/mol. The summed E-state index contributed by atoms with van der Waals surface area (Å²) in [6, 6.07) is 0.696. The van der Waals surface area contributed by atoms with Crippen molar-refractivity contribution in [2.45, 2.75) is 32.7 Å². The molecule has 0 heterocycles. The Kier molecular flexibility index (Phi) is 8.05. The van der Waals surface area contributed by atoms with Crippen LogP contribution in [0.5, 0.6) is 0 Å². The molecular formula is C11H24N2. The highest BCUT2D eigenvalue weighted by molar-refractivity contribution is 4.68. The highest BCUT2D eigenvalue weighted by atomic mass is 15.1. The van der Waals surface area contributed by atoms with Gasteiger partial charge in [0.2, 0.25) is 0 Å². The van der Waals surface area contributed by atoms with Crippen molar-refractivity contribution in [1.82, 2.24) is 10.2 Å². The van der Waals surface area contributed by atoms with Crippen LogP contribution < -0.4 is 5.32 Å². The maximum Gasteiger partial charge on any atom is 0.0107 e. The van der Waals surface area contributed by atoms with E-state index in [4.69, 9.17) is 0 Å². The summed E-state index contributed by atoms with van der Waals surface area (Å²) >= 11 is 0. The summed E-state index contributed by atoms with van der Waals surface area (Å²) in [5.74, 6) is 0. The molecule has 0 fully saturated rings. The monoisotopic (exact) mass is 184 g/mol. The van der Waals surface area contributed by atoms with E-state index in [2.05, 4.69) is 37.7 Å². The molecule has 0 aromatic carbocycles. The van der Waals surface area contributed by atoms with Crippen molar-refractivity contribution >= 4 is 0 Å². The zero-order valence-corrected chi connectivity index (χ0v) is 9.34. The van der Waals surface area contributed by atoms with Crippen LogP contribution in [0.4, 0.5) is 0 Å². The second kappa shape index (κ2) is 8.27. The minimum Gasteiger partial charge on any atom is -0.315 e. The Morgan fingerprint density at radius 1 is 1.46 bits per heavy atom. The number of hydrogen-bond donors (Lipinski definition) is 1. The van der Waals surface area contributed by atoms with Crippen LogP contribution in [0.15, 0.2) is 12.7 Å². The van der Waals surface area contributed by atoms with Crippen LogP contribution in [0.3, 0.4) is 0 Å². The minimum atomic E-state index is 0.696. The van der Waals surface area contributed by atoms with Crippen molar-refractivity contribution in [2.75, 3.05) is 26.7 Å². The van der Waals surface area contributed by atoms with Gasteiger partial charge in [0.15, 0.2) is 0 Å². The molecule has 0 aliphatic heterocycles. The fraction of sp³-hybridized carbons (Fsp3) is 0.818. The van der Waals surface area contributed by atoms with Crippen LogP contribution >= 0.6 is 0 Å². The molecule has 0 aromatic heterocycles. The number of hydrogen-bond acceptors (Lipinski definition) is 2. The molecule has 2 heteroatoms. The minimum absolute atomic E-state index is 0.696. The molecule has 0 radical (unpaired) electrons. The molecule has 2 nitrogen and oxygen atoms in total. The molecule has 13 heavy (non-hydrogen) atoms. The Bertz CT molecular complexity index is 123. The van der Waals surface area contributed by atoms with Gasteiger partial charge in [0, 0.05) is 19.1 Å². The summed E-state index contributed by atoms with van der Waals surface area (Å²) in [5, 5.41) is 3.38. The summed E-state index contributed by atoms with van der Waals surface area (Å²) in [5.41, 5.74) is 0. The van der Waals surface area contributed by atoms with Crippen molar-refractivity contribution in [1.29, 1.82) is 0 Å². The lowest BCUT2D eigenvalue weighted by Crippen LogP contribution is -2.35. The standard InChI is InChI=1S/C11H24N2/c1-5-7-8-12-9-10-13(4)11(3)6-2/h5,11-12H,1,6-10H2,2-4H3. The SMILES string of the molecule is C=CCCNCCN(C)C(C)CC. The zero-order valence-electron chi connectivity index (χ0n) is 9.34. The van der Waals surface area contributed by atoms with E-state index in [1.165, 1.54) is 6.42 Å². The molecule has 0 aliphatic carbocycles. The molecule has 0 rings (SSSR count). The van der Waals surface area contributed by atoms with Gasteiger partial charge in [-0.25, -0.2) is 0 Å². The number of rotatable bonds is 8. The van der Waals surface area contributed by atoms with E-state index in [-0.39, 0.29) is 0 Å². The fourth-order valence-electron chi connectivity index (χ4n) is 1.12. The number of likely N-dealkylation sites (N-methyl/N-ethyl adjacent to an activating group) is 1. The Balaban J connectivity index is 3.26. The van der Waals surface area contributed by atoms with Gasteiger partial charge in [-0.15, -0.1) is 6.58 Å². The van der Waals surface area contributed by atoms with Crippen molar-refractivity contribution in [3.05, 3.63) is 12.7 Å². The van der Waals surface area contributed by atoms with Gasteiger partial charge in [-0.1, -0.05) is 13.0 Å². The average Bonchev–Trinajstić information content (AvgIpc) is 2.16. The third-order valence-corrected chi connectivity index (χ3v) is 2.51. The third-order valence-electron chi connectivity index (χ3n) is 2.51. The molecule has 78 valence electrons. The largest absolute Gasteiger partial charge is 0.315 e. The Labute approximate surface area is 83.0 Å². The maximum atomic E-state index is 3.68. The summed E-state index contributed by atoms with van der Waals surface area (Å²) in [6.07, 6.45) is 4.24. The molecule has 1 atom stereocenters.